The number of nitrogens with zero attached hydrogens (tertiary/aromatic N) is 1. The van der Waals surface area contributed by atoms with Gasteiger partial charge in [-0.3, -0.25) is 9.59 Å². The SMILES string of the molecule is NC(=O)c1ccc(C(=O)N2CCCC(c3ccc(F)cc3)CC2)s1. The van der Waals surface area contributed by atoms with Crippen molar-refractivity contribution in [2.24, 2.45) is 5.73 Å². The van der Waals surface area contributed by atoms with E-state index in [2.05, 4.69) is 0 Å². The number of rotatable bonds is 3. The smallest absolute Gasteiger partial charge is 0.263 e. The highest BCUT2D eigenvalue weighted by Gasteiger charge is 2.23. The zero-order valence-corrected chi connectivity index (χ0v) is 14.0. The third kappa shape index (κ3) is 3.64. The summed E-state index contributed by atoms with van der Waals surface area (Å²) in [6, 6.07) is 9.89. The van der Waals surface area contributed by atoms with Gasteiger partial charge in [0, 0.05) is 13.1 Å². The molecule has 24 heavy (non-hydrogen) atoms. The second-order valence-corrected chi connectivity index (χ2v) is 7.08. The Labute approximate surface area is 144 Å². The lowest BCUT2D eigenvalue weighted by atomic mass is 9.92. The lowest BCUT2D eigenvalue weighted by Crippen LogP contribution is -2.31. The molecule has 0 spiro atoms. The fraction of sp³-hybridized carbons (Fsp3) is 0.333. The first-order chi connectivity index (χ1) is 11.5. The summed E-state index contributed by atoms with van der Waals surface area (Å²) in [7, 11) is 0. The van der Waals surface area contributed by atoms with Crippen LogP contribution in [0.15, 0.2) is 36.4 Å². The number of amides is 2. The maximum absolute atomic E-state index is 13.1. The first-order valence-corrected chi connectivity index (χ1v) is 8.80. The van der Waals surface area contributed by atoms with Gasteiger partial charge < -0.3 is 10.6 Å². The minimum absolute atomic E-state index is 0.0488. The third-order valence-electron chi connectivity index (χ3n) is 4.42. The molecule has 0 saturated carbocycles. The number of thiophene rings is 1. The van der Waals surface area contributed by atoms with E-state index in [0.29, 0.717) is 28.8 Å². The highest BCUT2D eigenvalue weighted by atomic mass is 32.1. The lowest BCUT2D eigenvalue weighted by Gasteiger charge is -2.20. The van der Waals surface area contributed by atoms with Crippen LogP contribution in [0.1, 0.15) is 50.1 Å². The fourth-order valence-electron chi connectivity index (χ4n) is 3.11. The molecule has 126 valence electrons. The van der Waals surface area contributed by atoms with E-state index in [9.17, 15) is 14.0 Å². The molecule has 2 aromatic rings. The largest absolute Gasteiger partial charge is 0.365 e. The van der Waals surface area contributed by atoms with E-state index in [-0.39, 0.29) is 11.7 Å². The lowest BCUT2D eigenvalue weighted by molar-refractivity contribution is 0.0766. The Bertz CT molecular complexity index is 742. The zero-order valence-electron chi connectivity index (χ0n) is 13.2. The quantitative estimate of drug-likeness (QED) is 0.926. The summed E-state index contributed by atoms with van der Waals surface area (Å²) >= 11 is 1.14. The molecule has 1 fully saturated rings. The molecule has 2 N–H and O–H groups in total. The summed E-state index contributed by atoms with van der Waals surface area (Å²) in [5.41, 5.74) is 6.37. The van der Waals surface area contributed by atoms with Crippen molar-refractivity contribution in [3.63, 3.8) is 0 Å². The van der Waals surface area contributed by atoms with Gasteiger partial charge in [0.05, 0.1) is 9.75 Å². The molecule has 3 rings (SSSR count). The Kier molecular flexibility index (Phi) is 4.94. The van der Waals surface area contributed by atoms with Gasteiger partial charge in [-0.25, -0.2) is 4.39 Å². The van der Waals surface area contributed by atoms with Crippen LogP contribution >= 0.6 is 11.3 Å². The first-order valence-electron chi connectivity index (χ1n) is 7.99. The van der Waals surface area contributed by atoms with Crippen molar-refractivity contribution in [2.45, 2.75) is 25.2 Å². The van der Waals surface area contributed by atoms with Crippen LogP contribution in [0.25, 0.3) is 0 Å². The summed E-state index contributed by atoms with van der Waals surface area (Å²) in [5, 5.41) is 0. The van der Waals surface area contributed by atoms with Gasteiger partial charge in [-0.1, -0.05) is 12.1 Å². The Balaban J connectivity index is 1.67. The van der Waals surface area contributed by atoms with Crippen LogP contribution < -0.4 is 5.73 Å². The summed E-state index contributed by atoms with van der Waals surface area (Å²) < 4.78 is 13.1. The Hall–Kier alpha value is -2.21. The van der Waals surface area contributed by atoms with E-state index >= 15 is 0 Å². The summed E-state index contributed by atoms with van der Waals surface area (Å²) in [6.45, 7) is 1.35. The molecule has 0 aliphatic carbocycles. The molecule has 1 atom stereocenters. The van der Waals surface area contributed by atoms with Crippen molar-refractivity contribution in [1.82, 2.24) is 4.90 Å². The van der Waals surface area contributed by atoms with Crippen molar-refractivity contribution in [2.75, 3.05) is 13.1 Å². The van der Waals surface area contributed by atoms with Crippen molar-refractivity contribution >= 4 is 23.2 Å². The number of benzene rings is 1. The second-order valence-electron chi connectivity index (χ2n) is 6.00. The van der Waals surface area contributed by atoms with E-state index < -0.39 is 5.91 Å². The number of nitrogens with two attached hydrogens (primary N) is 1. The van der Waals surface area contributed by atoms with Crippen LogP contribution in [0.3, 0.4) is 0 Å². The van der Waals surface area contributed by atoms with E-state index in [1.54, 1.807) is 12.1 Å². The average Bonchev–Trinajstić information content (AvgIpc) is 2.94. The van der Waals surface area contributed by atoms with Crippen LogP contribution in [-0.4, -0.2) is 29.8 Å². The van der Waals surface area contributed by atoms with Gasteiger partial charge in [-0.2, -0.15) is 0 Å². The van der Waals surface area contributed by atoms with Crippen molar-refractivity contribution in [1.29, 1.82) is 0 Å². The maximum atomic E-state index is 13.1. The maximum Gasteiger partial charge on any atom is 0.263 e. The average molecular weight is 346 g/mol. The van der Waals surface area contributed by atoms with Gasteiger partial charge in [0.25, 0.3) is 11.8 Å². The van der Waals surface area contributed by atoms with Gasteiger partial charge in [-0.15, -0.1) is 11.3 Å². The number of likely N-dealkylation sites (tertiary alicyclic amines) is 1. The first kappa shape index (κ1) is 16.6. The molecule has 1 aliphatic rings. The monoisotopic (exact) mass is 346 g/mol. The molecule has 1 aliphatic heterocycles. The Morgan fingerprint density at radius 1 is 1.04 bits per heavy atom. The third-order valence-corrected chi connectivity index (χ3v) is 5.50. The number of halogens is 1. The van der Waals surface area contributed by atoms with Crippen LogP contribution in [0, 0.1) is 5.82 Å². The molecule has 1 aromatic carbocycles. The van der Waals surface area contributed by atoms with Gasteiger partial charge in [0.1, 0.15) is 5.82 Å². The van der Waals surface area contributed by atoms with Crippen LogP contribution in [0.4, 0.5) is 4.39 Å². The highest BCUT2D eigenvalue weighted by molar-refractivity contribution is 7.15. The van der Waals surface area contributed by atoms with Crippen LogP contribution in [0.2, 0.25) is 0 Å². The summed E-state index contributed by atoms with van der Waals surface area (Å²) in [4.78, 5) is 26.6. The highest BCUT2D eigenvalue weighted by Crippen LogP contribution is 2.29. The Morgan fingerprint density at radius 2 is 1.75 bits per heavy atom. The predicted octanol–water partition coefficient (Wildman–Crippen LogP) is 3.40. The molecule has 2 heterocycles. The molecule has 6 heteroatoms. The van der Waals surface area contributed by atoms with E-state index in [0.717, 1.165) is 36.2 Å². The molecular formula is C18H19FN2O2S. The molecule has 0 bridgehead atoms. The van der Waals surface area contributed by atoms with Gasteiger partial charge in [0.2, 0.25) is 0 Å². The van der Waals surface area contributed by atoms with Crippen molar-refractivity contribution in [3.05, 3.63) is 57.5 Å². The molecule has 0 radical (unpaired) electrons. The second kappa shape index (κ2) is 7.13. The normalized spacial score (nSPS) is 18.2. The van der Waals surface area contributed by atoms with Gasteiger partial charge in [0.15, 0.2) is 0 Å². The zero-order chi connectivity index (χ0) is 17.1. The minimum atomic E-state index is -0.508. The van der Waals surface area contributed by atoms with E-state index in [4.69, 9.17) is 5.73 Å². The van der Waals surface area contributed by atoms with Gasteiger partial charge >= 0.3 is 0 Å². The molecule has 4 nitrogen and oxygen atoms in total. The number of hydrogen-bond donors (Lipinski definition) is 1. The Morgan fingerprint density at radius 3 is 2.42 bits per heavy atom. The number of carbonyl (C=O) groups is 2. The number of primary amides is 1. The molecule has 1 aromatic heterocycles. The minimum Gasteiger partial charge on any atom is -0.365 e. The fourth-order valence-corrected chi connectivity index (χ4v) is 3.93. The molecule has 1 unspecified atom stereocenters. The van der Waals surface area contributed by atoms with Crippen LogP contribution in [0.5, 0.6) is 0 Å². The molecular weight excluding hydrogens is 327 g/mol. The predicted molar refractivity (Wildman–Crippen MR) is 91.7 cm³/mol. The number of hydrogen-bond acceptors (Lipinski definition) is 3. The van der Waals surface area contributed by atoms with Crippen LogP contribution in [-0.2, 0) is 0 Å². The number of carbonyl (C=O) groups excluding carboxylic acids is 2. The topological polar surface area (TPSA) is 63.4 Å². The standard InChI is InChI=1S/C18H19FN2O2S/c19-14-5-3-13(4-6-14)12-2-1-10-21(11-9-12)18(23)16-8-7-15(24-16)17(20)22/h3-8,12H,1-2,9-11H2,(H2,20,22). The van der Waals surface area contributed by atoms with E-state index in [1.165, 1.54) is 12.1 Å². The molecule has 2 amide bonds. The summed E-state index contributed by atoms with van der Waals surface area (Å²) in [5.74, 6) is -0.446. The van der Waals surface area contributed by atoms with Gasteiger partial charge in [-0.05, 0) is 55.0 Å². The van der Waals surface area contributed by atoms with Crippen molar-refractivity contribution in [3.8, 4) is 0 Å². The van der Waals surface area contributed by atoms with E-state index in [1.807, 2.05) is 17.0 Å². The molecule has 1 saturated heterocycles. The van der Waals surface area contributed by atoms with Crippen molar-refractivity contribution < 1.29 is 14.0 Å². The summed E-state index contributed by atoms with van der Waals surface area (Å²) in [6.07, 6.45) is 2.74.